The highest BCUT2D eigenvalue weighted by Crippen LogP contribution is 2.26. The second-order valence-corrected chi connectivity index (χ2v) is 8.12. The number of hydrogen-bond donors (Lipinski definition) is 2. The Labute approximate surface area is 178 Å². The quantitative estimate of drug-likeness (QED) is 0.310. The Morgan fingerprint density at radius 1 is 1.30 bits per heavy atom. The van der Waals surface area contributed by atoms with Crippen LogP contribution in [-0.4, -0.2) is 70.9 Å². The van der Waals surface area contributed by atoms with E-state index in [4.69, 9.17) is 9.47 Å². The molecule has 2 N–H and O–H groups in total. The summed E-state index contributed by atoms with van der Waals surface area (Å²) in [5.41, 5.74) is 0. The first-order valence-electron chi connectivity index (χ1n) is 8.68. The molecule has 1 fully saturated rings. The number of ether oxygens (including phenoxy) is 2. The van der Waals surface area contributed by atoms with Crippen molar-refractivity contribution in [2.75, 3.05) is 46.1 Å². The number of para-hydroxylation sites is 2. The Bertz CT molecular complexity index is 715. The number of halogens is 1. The molecule has 10 heteroatoms. The lowest BCUT2D eigenvalue weighted by Crippen LogP contribution is -2.44. The fourth-order valence-electron chi connectivity index (χ4n) is 2.68. The Hall–Kier alpha value is -1.27. The molecule has 1 aliphatic rings. The summed E-state index contributed by atoms with van der Waals surface area (Å²) in [4.78, 5) is 4.15. The standard InChI is InChI=1S/C17H28N4O4S.HI/c1-14(25-16-8-5-4-7-15(16)24-3)13-20-17(18-2)19-9-11-21-10-6-12-26(21,22)23;/h4-5,7-8,14H,6,9-13H2,1-3H3,(H2,18,19,20);1H. The van der Waals surface area contributed by atoms with Crippen LogP contribution in [0.2, 0.25) is 0 Å². The number of sulfonamides is 1. The topological polar surface area (TPSA) is 92.3 Å². The van der Waals surface area contributed by atoms with Gasteiger partial charge in [-0.1, -0.05) is 12.1 Å². The van der Waals surface area contributed by atoms with E-state index >= 15 is 0 Å². The smallest absolute Gasteiger partial charge is 0.214 e. The predicted octanol–water partition coefficient (Wildman–Crippen LogP) is 1.28. The number of nitrogens with one attached hydrogen (secondary N) is 2. The third-order valence-corrected chi connectivity index (χ3v) is 5.99. The van der Waals surface area contributed by atoms with Gasteiger partial charge in [0, 0.05) is 26.7 Å². The lowest BCUT2D eigenvalue weighted by atomic mass is 10.3. The van der Waals surface area contributed by atoms with E-state index in [1.807, 2.05) is 31.2 Å². The van der Waals surface area contributed by atoms with Crippen molar-refractivity contribution in [3.05, 3.63) is 24.3 Å². The van der Waals surface area contributed by atoms with Crippen LogP contribution in [0, 0.1) is 0 Å². The summed E-state index contributed by atoms with van der Waals surface area (Å²) < 4.78 is 36.2. The zero-order valence-electron chi connectivity index (χ0n) is 16.0. The van der Waals surface area contributed by atoms with Gasteiger partial charge in [-0.15, -0.1) is 24.0 Å². The molecule has 0 radical (unpaired) electrons. The largest absolute Gasteiger partial charge is 0.493 e. The maximum atomic E-state index is 11.8. The van der Waals surface area contributed by atoms with E-state index in [0.717, 1.165) is 0 Å². The first-order chi connectivity index (χ1) is 12.5. The van der Waals surface area contributed by atoms with Crippen molar-refractivity contribution in [3.8, 4) is 11.5 Å². The molecule has 1 aliphatic heterocycles. The van der Waals surface area contributed by atoms with Crippen LogP contribution >= 0.6 is 24.0 Å². The van der Waals surface area contributed by atoms with Crippen LogP contribution in [0.25, 0.3) is 0 Å². The molecule has 0 amide bonds. The van der Waals surface area contributed by atoms with Crippen molar-refractivity contribution in [1.29, 1.82) is 0 Å². The molecule has 1 saturated heterocycles. The van der Waals surface area contributed by atoms with E-state index in [1.165, 1.54) is 4.31 Å². The van der Waals surface area contributed by atoms with Crippen molar-refractivity contribution >= 4 is 40.0 Å². The molecule has 1 aromatic carbocycles. The molecule has 0 spiro atoms. The zero-order chi connectivity index (χ0) is 19.0. The lowest BCUT2D eigenvalue weighted by Gasteiger charge is -2.20. The van der Waals surface area contributed by atoms with E-state index in [2.05, 4.69) is 15.6 Å². The van der Waals surface area contributed by atoms with Crippen molar-refractivity contribution in [1.82, 2.24) is 14.9 Å². The van der Waals surface area contributed by atoms with Gasteiger partial charge in [-0.25, -0.2) is 12.7 Å². The van der Waals surface area contributed by atoms with Gasteiger partial charge in [-0.2, -0.15) is 0 Å². The highest BCUT2D eigenvalue weighted by molar-refractivity contribution is 14.0. The summed E-state index contributed by atoms with van der Waals surface area (Å²) >= 11 is 0. The number of methoxy groups -OCH3 is 1. The summed E-state index contributed by atoms with van der Waals surface area (Å²) in [6, 6.07) is 7.49. The third kappa shape index (κ3) is 7.34. The van der Waals surface area contributed by atoms with Crippen LogP contribution in [0.3, 0.4) is 0 Å². The molecular formula is C17H29IN4O4S. The van der Waals surface area contributed by atoms with Crippen LogP contribution in [0.5, 0.6) is 11.5 Å². The van der Waals surface area contributed by atoms with Gasteiger partial charge in [0.15, 0.2) is 17.5 Å². The predicted molar refractivity (Wildman–Crippen MR) is 118 cm³/mol. The molecule has 1 unspecified atom stereocenters. The average molecular weight is 512 g/mol. The van der Waals surface area contributed by atoms with Gasteiger partial charge in [0.25, 0.3) is 0 Å². The molecule has 1 atom stereocenters. The fourth-order valence-corrected chi connectivity index (χ4v) is 4.21. The average Bonchev–Trinajstić information content (AvgIpc) is 2.96. The third-order valence-electron chi connectivity index (χ3n) is 4.03. The van der Waals surface area contributed by atoms with Gasteiger partial charge in [-0.05, 0) is 25.5 Å². The number of rotatable bonds is 8. The minimum Gasteiger partial charge on any atom is -0.493 e. The molecule has 0 aliphatic carbocycles. The van der Waals surface area contributed by atoms with Crippen LogP contribution < -0.4 is 20.1 Å². The summed E-state index contributed by atoms with van der Waals surface area (Å²) in [5, 5.41) is 6.31. The number of aliphatic imine (C=N–C) groups is 1. The van der Waals surface area contributed by atoms with Gasteiger partial charge in [-0.3, -0.25) is 4.99 Å². The van der Waals surface area contributed by atoms with Crippen LogP contribution in [-0.2, 0) is 10.0 Å². The van der Waals surface area contributed by atoms with E-state index in [0.29, 0.717) is 50.1 Å². The molecule has 8 nitrogen and oxygen atoms in total. The fraction of sp³-hybridized carbons (Fsp3) is 0.588. The van der Waals surface area contributed by atoms with Crippen molar-refractivity contribution in [3.63, 3.8) is 0 Å². The molecule has 0 aromatic heterocycles. The maximum absolute atomic E-state index is 11.8. The SMILES string of the molecule is CN=C(NCCN1CCCS1(=O)=O)NCC(C)Oc1ccccc1OC.I. The van der Waals surface area contributed by atoms with E-state index in [-0.39, 0.29) is 35.8 Å². The Balaban J connectivity index is 0.00000364. The summed E-state index contributed by atoms with van der Waals surface area (Å²) in [7, 11) is 0.225. The first-order valence-corrected chi connectivity index (χ1v) is 10.3. The van der Waals surface area contributed by atoms with Gasteiger partial charge >= 0.3 is 0 Å². The number of benzene rings is 1. The molecule has 1 aromatic rings. The minimum absolute atomic E-state index is 0. The monoisotopic (exact) mass is 512 g/mol. The highest BCUT2D eigenvalue weighted by atomic mass is 127. The van der Waals surface area contributed by atoms with Crippen LogP contribution in [0.1, 0.15) is 13.3 Å². The number of guanidine groups is 1. The van der Waals surface area contributed by atoms with Gasteiger partial charge in [0.05, 0.1) is 19.4 Å². The minimum atomic E-state index is -3.06. The number of nitrogens with zero attached hydrogens (tertiary/aromatic N) is 2. The van der Waals surface area contributed by atoms with Crippen LogP contribution in [0.15, 0.2) is 29.3 Å². The summed E-state index contributed by atoms with van der Waals surface area (Å²) in [5.74, 6) is 2.23. The Morgan fingerprint density at radius 3 is 2.59 bits per heavy atom. The lowest BCUT2D eigenvalue weighted by molar-refractivity contribution is 0.213. The van der Waals surface area contributed by atoms with Crippen molar-refractivity contribution in [2.24, 2.45) is 4.99 Å². The zero-order valence-corrected chi connectivity index (χ0v) is 19.1. The number of hydrogen-bond acceptors (Lipinski definition) is 5. The highest BCUT2D eigenvalue weighted by Gasteiger charge is 2.27. The molecule has 0 bridgehead atoms. The molecule has 1 heterocycles. The van der Waals surface area contributed by atoms with Gasteiger partial charge in [0.1, 0.15) is 6.10 Å². The van der Waals surface area contributed by atoms with Gasteiger partial charge < -0.3 is 20.1 Å². The van der Waals surface area contributed by atoms with E-state index in [1.54, 1.807) is 14.2 Å². The molecule has 2 rings (SSSR count). The second kappa shape index (κ2) is 11.5. The summed E-state index contributed by atoms with van der Waals surface area (Å²) in [6.45, 7) is 4.03. The molecule has 27 heavy (non-hydrogen) atoms. The Morgan fingerprint density at radius 2 is 2.00 bits per heavy atom. The van der Waals surface area contributed by atoms with E-state index < -0.39 is 10.0 Å². The summed E-state index contributed by atoms with van der Waals surface area (Å²) in [6.07, 6.45) is 0.594. The van der Waals surface area contributed by atoms with Crippen LogP contribution in [0.4, 0.5) is 0 Å². The second-order valence-electron chi connectivity index (χ2n) is 6.03. The molecule has 154 valence electrons. The molecule has 0 saturated carbocycles. The first kappa shape index (κ1) is 23.8. The van der Waals surface area contributed by atoms with Crippen molar-refractivity contribution in [2.45, 2.75) is 19.4 Å². The van der Waals surface area contributed by atoms with Crippen molar-refractivity contribution < 1.29 is 17.9 Å². The maximum Gasteiger partial charge on any atom is 0.214 e. The Kier molecular flexibility index (Phi) is 10.2. The van der Waals surface area contributed by atoms with E-state index in [9.17, 15) is 8.42 Å². The molecular weight excluding hydrogens is 483 g/mol. The normalized spacial score (nSPS) is 17.7. The van der Waals surface area contributed by atoms with Gasteiger partial charge in [0.2, 0.25) is 10.0 Å².